The molecule has 0 saturated carbocycles. The molecule has 2 aliphatic rings. The van der Waals surface area contributed by atoms with Crippen LogP contribution >= 0.6 is 0 Å². The van der Waals surface area contributed by atoms with Crippen LogP contribution in [0.1, 0.15) is 53.4 Å². The lowest BCUT2D eigenvalue weighted by Crippen LogP contribution is -2.49. The Hall–Kier alpha value is -0.610. The van der Waals surface area contributed by atoms with Gasteiger partial charge in [-0.05, 0) is 32.6 Å². The molecule has 2 heterocycles. The van der Waals surface area contributed by atoms with Crippen molar-refractivity contribution in [3.8, 4) is 0 Å². The summed E-state index contributed by atoms with van der Waals surface area (Å²) in [5.74, 6) is 0.281. The van der Waals surface area contributed by atoms with Crippen molar-refractivity contribution in [2.45, 2.75) is 71.6 Å². The first-order chi connectivity index (χ1) is 9.36. The topological polar surface area (TPSA) is 41.6 Å². The average Bonchev–Trinajstić information content (AvgIpc) is 2.81. The first-order valence-corrected chi connectivity index (χ1v) is 8.04. The average molecular weight is 282 g/mol. The van der Waals surface area contributed by atoms with E-state index < -0.39 is 0 Å². The molecular weight excluding hydrogens is 252 g/mol. The van der Waals surface area contributed by atoms with Gasteiger partial charge in [0.1, 0.15) is 0 Å². The summed E-state index contributed by atoms with van der Waals surface area (Å²) in [5, 5.41) is 3.62. The standard InChI is InChI=1S/C16H30N2O2/c1-12-5-6-14(20-12)11-17-13-7-9-18(10-8-13)15(19)16(2,3)4/h12-14,17H,5-11H2,1-4H3. The van der Waals surface area contributed by atoms with E-state index in [2.05, 4.69) is 12.2 Å². The molecule has 1 amide bonds. The van der Waals surface area contributed by atoms with E-state index in [0.717, 1.165) is 32.5 Å². The molecule has 20 heavy (non-hydrogen) atoms. The largest absolute Gasteiger partial charge is 0.374 e. The van der Waals surface area contributed by atoms with E-state index in [9.17, 15) is 4.79 Å². The number of piperidine rings is 1. The predicted octanol–water partition coefficient (Wildman–Crippen LogP) is 2.18. The van der Waals surface area contributed by atoms with E-state index in [4.69, 9.17) is 4.74 Å². The van der Waals surface area contributed by atoms with Crippen LogP contribution in [0, 0.1) is 5.41 Å². The fourth-order valence-electron chi connectivity index (χ4n) is 3.09. The summed E-state index contributed by atoms with van der Waals surface area (Å²) in [6.07, 6.45) is 5.29. The number of ether oxygens (including phenoxy) is 1. The van der Waals surface area contributed by atoms with Crippen LogP contribution in [0.4, 0.5) is 0 Å². The maximum absolute atomic E-state index is 12.2. The fourth-order valence-corrected chi connectivity index (χ4v) is 3.09. The summed E-state index contributed by atoms with van der Waals surface area (Å²) in [7, 11) is 0. The molecule has 116 valence electrons. The molecule has 2 aliphatic heterocycles. The second-order valence-corrected chi connectivity index (χ2v) is 7.37. The normalized spacial score (nSPS) is 28.9. The van der Waals surface area contributed by atoms with Crippen molar-refractivity contribution in [3.63, 3.8) is 0 Å². The summed E-state index contributed by atoms with van der Waals surface area (Å²) >= 11 is 0. The molecule has 2 rings (SSSR count). The zero-order valence-corrected chi connectivity index (χ0v) is 13.4. The molecule has 0 aliphatic carbocycles. The maximum atomic E-state index is 12.2. The number of hydrogen-bond acceptors (Lipinski definition) is 3. The molecule has 0 aromatic carbocycles. The minimum absolute atomic E-state index is 0.256. The Morgan fingerprint density at radius 3 is 2.35 bits per heavy atom. The lowest BCUT2D eigenvalue weighted by atomic mass is 9.93. The van der Waals surface area contributed by atoms with Crippen molar-refractivity contribution in [2.24, 2.45) is 5.41 Å². The summed E-state index contributed by atoms with van der Waals surface area (Å²) in [5.41, 5.74) is -0.256. The third-order valence-electron chi connectivity index (χ3n) is 4.38. The van der Waals surface area contributed by atoms with Gasteiger partial charge in [0.05, 0.1) is 12.2 Å². The predicted molar refractivity (Wildman–Crippen MR) is 80.6 cm³/mol. The molecule has 0 radical (unpaired) electrons. The lowest BCUT2D eigenvalue weighted by molar-refractivity contribution is -0.140. The Morgan fingerprint density at radius 1 is 1.20 bits per heavy atom. The molecule has 0 aromatic heterocycles. The summed E-state index contributed by atoms with van der Waals surface area (Å²) in [6, 6.07) is 0.540. The van der Waals surface area contributed by atoms with E-state index in [1.807, 2.05) is 25.7 Å². The van der Waals surface area contributed by atoms with Gasteiger partial charge in [-0.15, -0.1) is 0 Å². The Labute approximate surface area is 123 Å². The SMILES string of the molecule is CC1CCC(CNC2CCN(C(=O)C(C)(C)C)CC2)O1. The molecule has 2 atom stereocenters. The van der Waals surface area contributed by atoms with Crippen molar-refractivity contribution >= 4 is 5.91 Å². The number of carbonyl (C=O) groups is 1. The van der Waals surface area contributed by atoms with Gasteiger partial charge < -0.3 is 15.0 Å². The maximum Gasteiger partial charge on any atom is 0.227 e. The molecule has 4 heteroatoms. The van der Waals surface area contributed by atoms with Gasteiger partial charge in [0.25, 0.3) is 0 Å². The van der Waals surface area contributed by atoms with Gasteiger partial charge in [-0.3, -0.25) is 4.79 Å². The Balaban J connectivity index is 1.68. The van der Waals surface area contributed by atoms with E-state index in [1.54, 1.807) is 0 Å². The summed E-state index contributed by atoms with van der Waals surface area (Å²) in [4.78, 5) is 14.2. The Morgan fingerprint density at radius 2 is 1.85 bits per heavy atom. The van der Waals surface area contributed by atoms with E-state index in [1.165, 1.54) is 12.8 Å². The molecule has 1 N–H and O–H groups in total. The minimum Gasteiger partial charge on any atom is -0.374 e. The van der Waals surface area contributed by atoms with Crippen molar-refractivity contribution in [2.75, 3.05) is 19.6 Å². The van der Waals surface area contributed by atoms with Crippen LogP contribution < -0.4 is 5.32 Å². The van der Waals surface area contributed by atoms with Crippen LogP contribution in [-0.2, 0) is 9.53 Å². The number of nitrogens with zero attached hydrogens (tertiary/aromatic N) is 1. The first-order valence-electron chi connectivity index (χ1n) is 8.04. The van der Waals surface area contributed by atoms with Crippen LogP contribution in [0.2, 0.25) is 0 Å². The van der Waals surface area contributed by atoms with Gasteiger partial charge in [-0.25, -0.2) is 0 Å². The zero-order valence-electron chi connectivity index (χ0n) is 13.4. The molecule has 2 saturated heterocycles. The van der Waals surface area contributed by atoms with E-state index in [0.29, 0.717) is 18.2 Å². The van der Waals surface area contributed by atoms with E-state index in [-0.39, 0.29) is 11.3 Å². The zero-order chi connectivity index (χ0) is 14.8. The van der Waals surface area contributed by atoms with Crippen LogP contribution in [-0.4, -0.2) is 48.7 Å². The molecule has 2 unspecified atom stereocenters. The second kappa shape index (κ2) is 6.44. The molecule has 0 aromatic rings. The Kier molecular flexibility index (Phi) is 5.08. The van der Waals surface area contributed by atoms with Crippen LogP contribution in [0.15, 0.2) is 0 Å². The summed E-state index contributed by atoms with van der Waals surface area (Å²) < 4.78 is 5.83. The van der Waals surface area contributed by atoms with Gasteiger partial charge in [0.2, 0.25) is 5.91 Å². The monoisotopic (exact) mass is 282 g/mol. The minimum atomic E-state index is -0.256. The van der Waals surface area contributed by atoms with Gasteiger partial charge >= 0.3 is 0 Å². The van der Waals surface area contributed by atoms with E-state index >= 15 is 0 Å². The number of carbonyl (C=O) groups excluding carboxylic acids is 1. The van der Waals surface area contributed by atoms with Crippen LogP contribution in [0.3, 0.4) is 0 Å². The van der Waals surface area contributed by atoms with Crippen molar-refractivity contribution < 1.29 is 9.53 Å². The second-order valence-electron chi connectivity index (χ2n) is 7.37. The number of likely N-dealkylation sites (tertiary alicyclic amines) is 1. The third kappa shape index (κ3) is 4.19. The number of hydrogen-bond donors (Lipinski definition) is 1. The highest BCUT2D eigenvalue weighted by molar-refractivity contribution is 5.81. The highest BCUT2D eigenvalue weighted by atomic mass is 16.5. The number of amides is 1. The molecule has 2 fully saturated rings. The van der Waals surface area contributed by atoms with Crippen molar-refractivity contribution in [3.05, 3.63) is 0 Å². The molecule has 0 spiro atoms. The summed E-state index contributed by atoms with van der Waals surface area (Å²) in [6.45, 7) is 10.9. The van der Waals surface area contributed by atoms with Crippen molar-refractivity contribution in [1.29, 1.82) is 0 Å². The van der Waals surface area contributed by atoms with Gasteiger partial charge in [0, 0.05) is 31.1 Å². The molecule has 0 bridgehead atoms. The van der Waals surface area contributed by atoms with Gasteiger partial charge in [-0.2, -0.15) is 0 Å². The lowest BCUT2D eigenvalue weighted by Gasteiger charge is -2.36. The quantitative estimate of drug-likeness (QED) is 0.862. The molecule has 4 nitrogen and oxygen atoms in total. The highest BCUT2D eigenvalue weighted by Gasteiger charge is 2.30. The number of rotatable bonds is 3. The highest BCUT2D eigenvalue weighted by Crippen LogP contribution is 2.22. The molecular formula is C16H30N2O2. The first kappa shape index (κ1) is 15.8. The smallest absolute Gasteiger partial charge is 0.227 e. The van der Waals surface area contributed by atoms with Crippen LogP contribution in [0.25, 0.3) is 0 Å². The third-order valence-corrected chi connectivity index (χ3v) is 4.38. The van der Waals surface area contributed by atoms with Gasteiger partial charge in [0.15, 0.2) is 0 Å². The van der Waals surface area contributed by atoms with Crippen molar-refractivity contribution in [1.82, 2.24) is 10.2 Å². The Bertz CT molecular complexity index is 330. The number of nitrogens with one attached hydrogen (secondary N) is 1. The van der Waals surface area contributed by atoms with Gasteiger partial charge in [-0.1, -0.05) is 20.8 Å². The fraction of sp³-hybridized carbons (Fsp3) is 0.938. The van der Waals surface area contributed by atoms with Crippen LogP contribution in [0.5, 0.6) is 0 Å².